The second-order valence-corrected chi connectivity index (χ2v) is 7.57. The number of rotatable bonds is 7. The highest BCUT2D eigenvalue weighted by atomic mass is 35.5. The van der Waals surface area contributed by atoms with E-state index in [2.05, 4.69) is 4.98 Å². The highest BCUT2D eigenvalue weighted by molar-refractivity contribution is 6.46. The van der Waals surface area contributed by atoms with Crippen LogP contribution in [0.25, 0.3) is 5.76 Å². The molecule has 0 saturated carbocycles. The highest BCUT2D eigenvalue weighted by Crippen LogP contribution is 2.39. The van der Waals surface area contributed by atoms with Gasteiger partial charge in [0.2, 0.25) is 0 Å². The van der Waals surface area contributed by atoms with E-state index in [1.54, 1.807) is 36.7 Å². The van der Waals surface area contributed by atoms with Crippen LogP contribution in [0.4, 0.5) is 0 Å². The molecule has 1 unspecified atom stereocenters. The second-order valence-electron chi connectivity index (χ2n) is 7.16. The van der Waals surface area contributed by atoms with Crippen molar-refractivity contribution in [3.05, 3.63) is 64.4 Å². The molecule has 1 saturated heterocycles. The lowest BCUT2D eigenvalue weighted by molar-refractivity contribution is -0.140. The maximum absolute atomic E-state index is 12.9. The van der Waals surface area contributed by atoms with Crippen LogP contribution in [-0.4, -0.2) is 65.4 Å². The predicted molar refractivity (Wildman–Crippen MR) is 114 cm³/mol. The number of ketones is 1. The number of Topliss-reactive ketones (excluding diaryl/α,β-unsaturated/α-hetero) is 1. The first-order valence-electron chi connectivity index (χ1n) is 9.61. The van der Waals surface area contributed by atoms with Crippen molar-refractivity contribution in [3.63, 3.8) is 0 Å². The monoisotopic (exact) mass is 429 g/mol. The molecule has 1 aliphatic rings. The van der Waals surface area contributed by atoms with Gasteiger partial charge in [-0.3, -0.25) is 14.6 Å². The molecular formula is C22H24ClN3O4. The van der Waals surface area contributed by atoms with E-state index in [-0.39, 0.29) is 11.3 Å². The summed E-state index contributed by atoms with van der Waals surface area (Å²) in [5, 5.41) is 11.3. The molecule has 0 aliphatic carbocycles. The van der Waals surface area contributed by atoms with Crippen molar-refractivity contribution in [2.45, 2.75) is 13.0 Å². The number of carbonyl (C=O) groups is 2. The third-order valence-corrected chi connectivity index (χ3v) is 5.13. The summed E-state index contributed by atoms with van der Waals surface area (Å²) in [6.07, 6.45) is 3.21. The van der Waals surface area contributed by atoms with Crippen LogP contribution in [-0.2, 0) is 9.59 Å². The number of benzene rings is 1. The van der Waals surface area contributed by atoms with E-state index in [9.17, 15) is 14.7 Å². The van der Waals surface area contributed by atoms with Gasteiger partial charge in [-0.2, -0.15) is 0 Å². The van der Waals surface area contributed by atoms with Crippen LogP contribution in [0, 0.1) is 0 Å². The molecule has 1 amide bonds. The van der Waals surface area contributed by atoms with Gasteiger partial charge in [0.25, 0.3) is 11.7 Å². The SMILES string of the molecule is CCOc1ccc(/C(O)=C2\C(=O)C(=O)N(CCN(C)C)C2c2cccnc2)cc1Cl. The standard InChI is InChI=1S/C22H24ClN3O4/c1-4-30-17-8-7-14(12-16(17)23)20(27)18-19(15-6-5-9-24-13-15)26(11-10-25(2)3)22(29)21(18)28/h5-9,12-13,19,27H,4,10-11H2,1-3H3/b20-18+. The fraction of sp³-hybridized carbons (Fsp3) is 0.318. The molecule has 7 nitrogen and oxygen atoms in total. The molecule has 1 N–H and O–H groups in total. The Bertz CT molecular complexity index is 976. The molecule has 1 aromatic heterocycles. The summed E-state index contributed by atoms with van der Waals surface area (Å²) in [4.78, 5) is 33.2. The average molecular weight is 430 g/mol. The van der Waals surface area contributed by atoms with Crippen molar-refractivity contribution in [1.82, 2.24) is 14.8 Å². The lowest BCUT2D eigenvalue weighted by Gasteiger charge is -2.26. The Balaban J connectivity index is 2.10. The summed E-state index contributed by atoms with van der Waals surface area (Å²) in [5.41, 5.74) is 1.00. The van der Waals surface area contributed by atoms with Crippen molar-refractivity contribution in [2.75, 3.05) is 33.8 Å². The van der Waals surface area contributed by atoms with Crippen molar-refractivity contribution in [1.29, 1.82) is 0 Å². The Morgan fingerprint density at radius 3 is 2.67 bits per heavy atom. The van der Waals surface area contributed by atoms with Crippen LogP contribution >= 0.6 is 11.6 Å². The Kier molecular flexibility index (Phi) is 6.74. The third kappa shape index (κ3) is 4.32. The zero-order valence-electron chi connectivity index (χ0n) is 17.1. The second kappa shape index (κ2) is 9.28. The molecule has 1 atom stereocenters. The number of hydrogen-bond acceptors (Lipinski definition) is 6. The fourth-order valence-electron chi connectivity index (χ4n) is 3.38. The van der Waals surface area contributed by atoms with Gasteiger partial charge in [0, 0.05) is 31.0 Å². The van der Waals surface area contributed by atoms with Crippen LogP contribution in [0.15, 0.2) is 48.3 Å². The minimum Gasteiger partial charge on any atom is -0.507 e. The largest absolute Gasteiger partial charge is 0.507 e. The van der Waals surface area contributed by atoms with Gasteiger partial charge in [-0.25, -0.2) is 0 Å². The van der Waals surface area contributed by atoms with E-state index in [1.165, 1.54) is 11.0 Å². The number of likely N-dealkylation sites (N-methyl/N-ethyl adjacent to an activating group) is 1. The first-order valence-corrected chi connectivity index (χ1v) is 9.98. The predicted octanol–water partition coefficient (Wildman–Crippen LogP) is 3.12. The maximum atomic E-state index is 12.9. The Morgan fingerprint density at radius 2 is 2.07 bits per heavy atom. The molecule has 3 rings (SSSR count). The lowest BCUT2D eigenvalue weighted by atomic mass is 9.96. The summed E-state index contributed by atoms with van der Waals surface area (Å²) in [6.45, 7) is 3.19. The van der Waals surface area contributed by atoms with E-state index < -0.39 is 17.7 Å². The van der Waals surface area contributed by atoms with Crippen LogP contribution in [0.5, 0.6) is 5.75 Å². The van der Waals surface area contributed by atoms with Crippen LogP contribution in [0.3, 0.4) is 0 Å². The molecule has 1 fully saturated rings. The van der Waals surface area contributed by atoms with Crippen LogP contribution in [0.2, 0.25) is 5.02 Å². The number of amides is 1. The smallest absolute Gasteiger partial charge is 0.295 e. The first-order chi connectivity index (χ1) is 14.3. The first kappa shape index (κ1) is 21.8. The number of aliphatic hydroxyl groups excluding tert-OH is 1. The topological polar surface area (TPSA) is 83.0 Å². The van der Waals surface area contributed by atoms with Crippen molar-refractivity contribution < 1.29 is 19.4 Å². The van der Waals surface area contributed by atoms with E-state index in [4.69, 9.17) is 16.3 Å². The summed E-state index contributed by atoms with van der Waals surface area (Å²) in [7, 11) is 3.77. The number of likely N-dealkylation sites (tertiary alicyclic amines) is 1. The van der Waals surface area contributed by atoms with E-state index >= 15 is 0 Å². The zero-order valence-corrected chi connectivity index (χ0v) is 17.9. The number of carbonyl (C=O) groups excluding carboxylic acids is 2. The van der Waals surface area contributed by atoms with E-state index in [1.807, 2.05) is 25.9 Å². The quantitative estimate of drug-likeness (QED) is 0.413. The summed E-state index contributed by atoms with van der Waals surface area (Å²) in [6, 6.07) is 7.54. The number of ether oxygens (including phenoxy) is 1. The van der Waals surface area contributed by atoms with Gasteiger partial charge >= 0.3 is 0 Å². The minimum atomic E-state index is -0.732. The Labute approximate surface area is 180 Å². The highest BCUT2D eigenvalue weighted by Gasteiger charge is 2.46. The van der Waals surface area contributed by atoms with Gasteiger partial charge in [-0.05, 0) is 50.8 Å². The molecule has 1 aliphatic heterocycles. The average Bonchev–Trinajstić information content (AvgIpc) is 2.98. The molecule has 30 heavy (non-hydrogen) atoms. The van der Waals surface area contributed by atoms with Crippen molar-refractivity contribution in [3.8, 4) is 5.75 Å². The Hall–Kier alpha value is -2.90. The molecule has 1 aromatic carbocycles. The molecule has 0 spiro atoms. The van der Waals surface area contributed by atoms with Crippen LogP contribution in [0.1, 0.15) is 24.1 Å². The molecule has 2 aromatic rings. The van der Waals surface area contributed by atoms with Crippen molar-refractivity contribution in [2.24, 2.45) is 0 Å². The van der Waals surface area contributed by atoms with Gasteiger partial charge in [0.1, 0.15) is 11.5 Å². The van der Waals surface area contributed by atoms with Gasteiger partial charge in [-0.1, -0.05) is 17.7 Å². The number of aromatic nitrogens is 1. The number of aliphatic hydroxyl groups is 1. The lowest BCUT2D eigenvalue weighted by Crippen LogP contribution is -2.35. The number of hydrogen-bond donors (Lipinski definition) is 1. The molecule has 8 heteroatoms. The fourth-order valence-corrected chi connectivity index (χ4v) is 3.61. The molecule has 2 heterocycles. The normalized spacial score (nSPS) is 18.3. The number of halogens is 1. The summed E-state index contributed by atoms with van der Waals surface area (Å²) in [5.74, 6) is -1.18. The van der Waals surface area contributed by atoms with Crippen LogP contribution < -0.4 is 4.74 Å². The molecule has 0 bridgehead atoms. The third-order valence-electron chi connectivity index (χ3n) is 4.83. The zero-order chi connectivity index (χ0) is 21.8. The molecule has 0 radical (unpaired) electrons. The Morgan fingerprint density at radius 1 is 1.30 bits per heavy atom. The van der Waals surface area contributed by atoms with Gasteiger partial charge in [0.15, 0.2) is 0 Å². The van der Waals surface area contributed by atoms with E-state index in [0.29, 0.717) is 41.6 Å². The van der Waals surface area contributed by atoms with Crippen molar-refractivity contribution >= 4 is 29.1 Å². The number of pyridine rings is 1. The van der Waals surface area contributed by atoms with E-state index in [0.717, 1.165) is 0 Å². The summed E-state index contributed by atoms with van der Waals surface area (Å²) < 4.78 is 5.43. The maximum Gasteiger partial charge on any atom is 0.295 e. The molecule has 158 valence electrons. The summed E-state index contributed by atoms with van der Waals surface area (Å²) >= 11 is 6.25. The molecular weight excluding hydrogens is 406 g/mol. The number of nitrogens with zero attached hydrogens (tertiary/aromatic N) is 3. The van der Waals surface area contributed by atoms with Gasteiger partial charge < -0.3 is 19.6 Å². The van der Waals surface area contributed by atoms with Gasteiger partial charge in [0.05, 0.1) is 23.2 Å². The van der Waals surface area contributed by atoms with Gasteiger partial charge in [-0.15, -0.1) is 0 Å². The minimum absolute atomic E-state index is 0.0204.